The monoisotopic (exact) mass is 465 g/mol. The lowest BCUT2D eigenvalue weighted by molar-refractivity contribution is -0.0205. The van der Waals surface area contributed by atoms with Crippen molar-refractivity contribution in [2.75, 3.05) is 39.2 Å². The molecule has 2 amide bonds. The number of aliphatic hydroxyl groups is 2. The summed E-state index contributed by atoms with van der Waals surface area (Å²) in [6, 6.07) is 16.4. The van der Waals surface area contributed by atoms with Gasteiger partial charge in [-0.2, -0.15) is 0 Å². The Labute approximate surface area is 194 Å². The van der Waals surface area contributed by atoms with Gasteiger partial charge in [0.05, 0.1) is 25.9 Å². The summed E-state index contributed by atoms with van der Waals surface area (Å²) in [6.45, 7) is 0.625. The van der Waals surface area contributed by atoms with E-state index in [-0.39, 0.29) is 37.6 Å². The molecule has 32 heavy (non-hydrogen) atoms. The zero-order chi connectivity index (χ0) is 22.2. The quantitative estimate of drug-likeness (QED) is 0.451. The second kappa shape index (κ2) is 12.6. The Morgan fingerprint density at radius 3 is 2.59 bits per heavy atom. The smallest absolute Gasteiger partial charge is 0.319 e. The third-order valence-electron chi connectivity index (χ3n) is 5.54. The van der Waals surface area contributed by atoms with Crippen LogP contribution in [0.1, 0.15) is 5.56 Å². The first-order chi connectivity index (χ1) is 15.0. The van der Waals surface area contributed by atoms with Crippen molar-refractivity contribution in [3.05, 3.63) is 60.2 Å². The number of halogens is 1. The van der Waals surface area contributed by atoms with Crippen LogP contribution in [0.15, 0.2) is 54.6 Å². The molecular weight excluding hydrogens is 434 g/mol. The maximum absolute atomic E-state index is 12.3. The van der Waals surface area contributed by atoms with Gasteiger partial charge in [-0.15, -0.1) is 12.4 Å². The molecule has 0 bridgehead atoms. The van der Waals surface area contributed by atoms with Crippen molar-refractivity contribution in [2.24, 2.45) is 0 Å². The minimum absolute atomic E-state index is 0. The fourth-order valence-corrected chi connectivity index (χ4v) is 3.86. The van der Waals surface area contributed by atoms with Gasteiger partial charge in [0.15, 0.2) is 0 Å². The second-order valence-corrected chi connectivity index (χ2v) is 7.66. The van der Waals surface area contributed by atoms with Gasteiger partial charge in [-0.3, -0.25) is 4.90 Å². The lowest BCUT2D eigenvalue weighted by atomic mass is 10.0. The maximum atomic E-state index is 12.3. The second-order valence-electron chi connectivity index (χ2n) is 7.66. The first-order valence-corrected chi connectivity index (χ1v) is 10.4. The van der Waals surface area contributed by atoms with Crippen molar-refractivity contribution in [1.29, 1.82) is 0 Å². The summed E-state index contributed by atoms with van der Waals surface area (Å²) in [5.74, 6) is 0.644. The van der Waals surface area contributed by atoms with Gasteiger partial charge in [0.1, 0.15) is 18.0 Å². The third kappa shape index (κ3) is 6.82. The Balaban J connectivity index is 0.00000363. The van der Waals surface area contributed by atoms with Gasteiger partial charge in [-0.1, -0.05) is 36.4 Å². The summed E-state index contributed by atoms with van der Waals surface area (Å²) in [4.78, 5) is 14.4. The summed E-state index contributed by atoms with van der Waals surface area (Å²) in [7, 11) is 3.48. The average molecular weight is 466 g/mol. The van der Waals surface area contributed by atoms with Crippen LogP contribution in [0, 0.1) is 0 Å². The number of carbonyl (C=O) groups excluding carboxylic acids is 1. The molecule has 2 aromatic rings. The SMILES string of the molecule is COc1cccc(NC(=O)NC[C@H]2O[C@@H](CO)[C@@H](O)[C@H]2N(C)CCc2ccccc2)c1.Cl. The lowest BCUT2D eigenvalue weighted by Gasteiger charge is -2.30. The zero-order valence-corrected chi connectivity index (χ0v) is 19.1. The molecule has 4 atom stereocenters. The van der Waals surface area contributed by atoms with Crippen LogP contribution in [0.4, 0.5) is 10.5 Å². The van der Waals surface area contributed by atoms with Crippen LogP contribution in [-0.4, -0.2) is 79.4 Å². The van der Waals surface area contributed by atoms with E-state index in [4.69, 9.17) is 9.47 Å². The summed E-state index contributed by atoms with van der Waals surface area (Å²) >= 11 is 0. The van der Waals surface area contributed by atoms with Crippen molar-refractivity contribution in [2.45, 2.75) is 30.8 Å². The van der Waals surface area contributed by atoms with Crippen LogP contribution in [0.5, 0.6) is 5.75 Å². The molecule has 0 unspecified atom stereocenters. The van der Waals surface area contributed by atoms with Crippen LogP contribution in [-0.2, 0) is 11.2 Å². The van der Waals surface area contributed by atoms with E-state index < -0.39 is 18.3 Å². The minimum atomic E-state index is -0.848. The standard InChI is InChI=1S/C23H31N3O5.ClH/c1-26(12-11-16-7-4-3-5-8-16)21-19(31-20(15-27)22(21)28)14-24-23(29)25-17-9-6-10-18(13-17)30-2;/h3-10,13,19-22,27-28H,11-12,14-15H2,1-2H3,(H2,24,25,29);1H/t19-,20+,21+,22-;/m1./s1. The predicted octanol–water partition coefficient (Wildman–Crippen LogP) is 1.90. The molecule has 1 aliphatic heterocycles. The molecule has 1 fully saturated rings. The summed E-state index contributed by atoms with van der Waals surface area (Å²) in [5, 5.41) is 25.8. The van der Waals surface area contributed by atoms with Gasteiger partial charge in [0.25, 0.3) is 0 Å². The van der Waals surface area contributed by atoms with Crippen molar-refractivity contribution < 1.29 is 24.5 Å². The Kier molecular flexibility index (Phi) is 10.2. The van der Waals surface area contributed by atoms with Gasteiger partial charge in [-0.05, 0) is 31.2 Å². The highest BCUT2D eigenvalue weighted by atomic mass is 35.5. The first kappa shape index (κ1) is 25.9. The fourth-order valence-electron chi connectivity index (χ4n) is 3.86. The molecule has 0 spiro atoms. The fraction of sp³-hybridized carbons (Fsp3) is 0.435. The first-order valence-electron chi connectivity index (χ1n) is 10.4. The molecule has 8 nitrogen and oxygen atoms in total. The number of nitrogens with zero attached hydrogens (tertiary/aromatic N) is 1. The number of amides is 2. The Morgan fingerprint density at radius 1 is 1.16 bits per heavy atom. The summed E-state index contributed by atoms with van der Waals surface area (Å²) < 4.78 is 11.0. The molecule has 176 valence electrons. The average Bonchev–Trinajstić information content (AvgIpc) is 3.12. The number of aliphatic hydroxyl groups excluding tert-OH is 2. The highest BCUT2D eigenvalue weighted by Crippen LogP contribution is 2.25. The Morgan fingerprint density at radius 2 is 1.91 bits per heavy atom. The van der Waals surface area contributed by atoms with Crippen molar-refractivity contribution in [3.8, 4) is 5.75 Å². The van der Waals surface area contributed by atoms with Crippen LogP contribution < -0.4 is 15.4 Å². The van der Waals surface area contributed by atoms with E-state index in [9.17, 15) is 15.0 Å². The predicted molar refractivity (Wildman–Crippen MR) is 126 cm³/mol. The normalized spacial score (nSPS) is 22.3. The number of urea groups is 1. The number of anilines is 1. The molecule has 1 heterocycles. The number of rotatable bonds is 9. The number of hydrogen-bond acceptors (Lipinski definition) is 6. The number of carbonyl (C=O) groups is 1. The number of methoxy groups -OCH3 is 1. The molecule has 4 N–H and O–H groups in total. The number of nitrogens with one attached hydrogen (secondary N) is 2. The topological polar surface area (TPSA) is 103 Å². The van der Waals surface area contributed by atoms with Gasteiger partial charge < -0.3 is 30.3 Å². The van der Waals surface area contributed by atoms with E-state index in [0.717, 1.165) is 6.42 Å². The molecule has 2 aromatic carbocycles. The van der Waals surface area contributed by atoms with E-state index in [1.807, 2.05) is 30.1 Å². The van der Waals surface area contributed by atoms with Gasteiger partial charge >= 0.3 is 6.03 Å². The van der Waals surface area contributed by atoms with Crippen LogP contribution in [0.3, 0.4) is 0 Å². The van der Waals surface area contributed by atoms with Crippen LogP contribution in [0.25, 0.3) is 0 Å². The molecular formula is C23H32ClN3O5. The Hall–Kier alpha value is -2.36. The summed E-state index contributed by atoms with van der Waals surface area (Å²) in [5.41, 5.74) is 1.81. The molecule has 9 heteroatoms. The van der Waals surface area contributed by atoms with E-state index in [2.05, 4.69) is 22.8 Å². The molecule has 3 rings (SSSR count). The largest absolute Gasteiger partial charge is 0.497 e. The van der Waals surface area contributed by atoms with Crippen LogP contribution in [0.2, 0.25) is 0 Å². The van der Waals surface area contributed by atoms with E-state index in [0.29, 0.717) is 18.0 Å². The number of hydrogen-bond donors (Lipinski definition) is 4. The zero-order valence-electron chi connectivity index (χ0n) is 18.3. The van der Waals surface area contributed by atoms with E-state index >= 15 is 0 Å². The van der Waals surface area contributed by atoms with Crippen molar-refractivity contribution >= 4 is 24.1 Å². The molecule has 1 aliphatic rings. The summed E-state index contributed by atoms with van der Waals surface area (Å²) in [6.07, 6.45) is -1.17. The van der Waals surface area contributed by atoms with Crippen molar-refractivity contribution in [1.82, 2.24) is 10.2 Å². The molecule has 1 saturated heterocycles. The lowest BCUT2D eigenvalue weighted by Crippen LogP contribution is -2.50. The van der Waals surface area contributed by atoms with Crippen LogP contribution >= 0.6 is 12.4 Å². The highest BCUT2D eigenvalue weighted by Gasteiger charge is 2.45. The van der Waals surface area contributed by atoms with E-state index in [1.165, 1.54) is 5.56 Å². The minimum Gasteiger partial charge on any atom is -0.497 e. The van der Waals surface area contributed by atoms with Crippen molar-refractivity contribution in [3.63, 3.8) is 0 Å². The van der Waals surface area contributed by atoms with Gasteiger partial charge in [0.2, 0.25) is 0 Å². The number of ether oxygens (including phenoxy) is 2. The number of benzene rings is 2. The Bertz CT molecular complexity index is 841. The molecule has 0 aliphatic carbocycles. The molecule has 0 aromatic heterocycles. The maximum Gasteiger partial charge on any atom is 0.319 e. The van der Waals surface area contributed by atoms with E-state index in [1.54, 1.807) is 31.4 Å². The van der Waals surface area contributed by atoms with Gasteiger partial charge in [0, 0.05) is 24.8 Å². The molecule has 0 radical (unpaired) electrons. The third-order valence-corrected chi connectivity index (χ3v) is 5.54. The highest BCUT2D eigenvalue weighted by molar-refractivity contribution is 5.89. The molecule has 0 saturated carbocycles. The number of likely N-dealkylation sites (N-methyl/N-ethyl adjacent to an activating group) is 1. The van der Waals surface area contributed by atoms with Gasteiger partial charge in [-0.25, -0.2) is 4.79 Å².